The molecule has 18 heavy (non-hydrogen) atoms. The molecule has 5 nitrogen and oxygen atoms in total. The van der Waals surface area contributed by atoms with Gasteiger partial charge in [0.2, 0.25) is 0 Å². The van der Waals surface area contributed by atoms with Gasteiger partial charge in [-0.2, -0.15) is 5.10 Å². The van der Waals surface area contributed by atoms with Crippen molar-refractivity contribution in [2.75, 3.05) is 13.1 Å². The van der Waals surface area contributed by atoms with E-state index in [2.05, 4.69) is 23.0 Å². The molecule has 0 aromatic carbocycles. The van der Waals surface area contributed by atoms with Crippen molar-refractivity contribution >= 4 is 5.84 Å². The Morgan fingerprint density at radius 3 is 2.56 bits per heavy atom. The Balaban J connectivity index is 1.95. The molecule has 1 aromatic rings. The molecule has 0 radical (unpaired) electrons. The van der Waals surface area contributed by atoms with Crippen molar-refractivity contribution in [3.05, 3.63) is 17.5 Å². The van der Waals surface area contributed by atoms with Crippen molar-refractivity contribution in [2.24, 2.45) is 18.2 Å². The third-order valence-corrected chi connectivity index (χ3v) is 4.09. The summed E-state index contributed by atoms with van der Waals surface area (Å²) in [7, 11) is 1.99. The van der Waals surface area contributed by atoms with Crippen LogP contribution < -0.4 is 5.73 Å². The molecule has 0 amide bonds. The third kappa shape index (κ3) is 2.56. The third-order valence-electron chi connectivity index (χ3n) is 4.09. The zero-order valence-electron chi connectivity index (χ0n) is 11.5. The van der Waals surface area contributed by atoms with Gasteiger partial charge < -0.3 is 5.73 Å². The highest BCUT2D eigenvalue weighted by atomic mass is 15.3. The summed E-state index contributed by atoms with van der Waals surface area (Å²) in [5.74, 6) is 0.332. The zero-order valence-corrected chi connectivity index (χ0v) is 11.5. The summed E-state index contributed by atoms with van der Waals surface area (Å²) in [6, 6.07) is 2.14. The lowest BCUT2D eigenvalue weighted by atomic mass is 9.79. The molecule has 0 unspecified atom stereocenters. The molecular formula is C13H23N5. The highest BCUT2D eigenvalue weighted by Gasteiger charge is 2.32. The van der Waals surface area contributed by atoms with Crippen molar-refractivity contribution in [1.29, 1.82) is 5.41 Å². The number of rotatable bonds is 3. The van der Waals surface area contributed by atoms with E-state index < -0.39 is 0 Å². The number of amidine groups is 1. The minimum absolute atomic E-state index is 0.0983. The number of nitrogens with zero attached hydrogens (tertiary/aromatic N) is 3. The van der Waals surface area contributed by atoms with Gasteiger partial charge in [0.15, 0.2) is 0 Å². The predicted molar refractivity (Wildman–Crippen MR) is 72.5 cm³/mol. The molecule has 100 valence electrons. The van der Waals surface area contributed by atoms with Gasteiger partial charge in [-0.15, -0.1) is 0 Å². The number of hydrogen-bond donors (Lipinski definition) is 2. The van der Waals surface area contributed by atoms with Gasteiger partial charge in [0, 0.05) is 19.0 Å². The van der Waals surface area contributed by atoms with Crippen LogP contribution in [0.25, 0.3) is 0 Å². The zero-order chi connectivity index (χ0) is 13.3. The molecule has 2 heterocycles. The lowest BCUT2D eigenvalue weighted by Gasteiger charge is -2.38. The maximum atomic E-state index is 7.66. The lowest BCUT2D eigenvalue weighted by molar-refractivity contribution is 0.153. The Hall–Kier alpha value is -1.36. The van der Waals surface area contributed by atoms with Crippen LogP contribution in [0.1, 0.15) is 31.2 Å². The smallest absolute Gasteiger partial charge is 0.0966 e. The molecular weight excluding hydrogens is 226 g/mol. The summed E-state index contributed by atoms with van der Waals surface area (Å²) in [6.07, 6.45) is 1.94. The highest BCUT2D eigenvalue weighted by Crippen LogP contribution is 2.31. The first kappa shape index (κ1) is 13.1. The molecule has 1 saturated heterocycles. The van der Waals surface area contributed by atoms with E-state index in [0.29, 0.717) is 5.84 Å². The largest absolute Gasteiger partial charge is 0.387 e. The van der Waals surface area contributed by atoms with Gasteiger partial charge in [0.1, 0.15) is 0 Å². The van der Waals surface area contributed by atoms with Crippen LogP contribution in [0.2, 0.25) is 0 Å². The fraction of sp³-hybridized carbons (Fsp3) is 0.692. The van der Waals surface area contributed by atoms with E-state index in [0.717, 1.165) is 38.2 Å². The predicted octanol–water partition coefficient (Wildman–Crippen LogP) is 1.27. The number of hydrogen-bond acceptors (Lipinski definition) is 3. The maximum Gasteiger partial charge on any atom is 0.0966 e. The van der Waals surface area contributed by atoms with Crippen LogP contribution >= 0.6 is 0 Å². The van der Waals surface area contributed by atoms with Crippen LogP contribution in [0.15, 0.2) is 6.07 Å². The van der Waals surface area contributed by atoms with E-state index in [9.17, 15) is 0 Å². The van der Waals surface area contributed by atoms with Crippen molar-refractivity contribution in [3.63, 3.8) is 0 Å². The Morgan fingerprint density at radius 1 is 1.50 bits per heavy atom. The first-order valence-electron chi connectivity index (χ1n) is 6.47. The van der Waals surface area contributed by atoms with E-state index in [1.807, 2.05) is 18.7 Å². The second-order valence-corrected chi connectivity index (χ2v) is 5.65. The molecule has 0 spiro atoms. The van der Waals surface area contributed by atoms with Crippen molar-refractivity contribution in [1.82, 2.24) is 14.7 Å². The molecule has 2 rings (SSSR count). The molecule has 0 aliphatic carbocycles. The quantitative estimate of drug-likeness (QED) is 0.626. The number of nitrogens with one attached hydrogen (secondary N) is 1. The van der Waals surface area contributed by atoms with E-state index in [4.69, 9.17) is 11.1 Å². The van der Waals surface area contributed by atoms with Crippen LogP contribution in [0.5, 0.6) is 0 Å². The number of likely N-dealkylation sites (tertiary alicyclic amines) is 1. The van der Waals surface area contributed by atoms with Gasteiger partial charge in [-0.05, 0) is 38.9 Å². The fourth-order valence-corrected chi connectivity index (χ4v) is 2.52. The molecule has 1 aromatic heterocycles. The Morgan fingerprint density at radius 2 is 2.11 bits per heavy atom. The Labute approximate surface area is 108 Å². The molecule has 0 bridgehead atoms. The van der Waals surface area contributed by atoms with Crippen molar-refractivity contribution < 1.29 is 0 Å². The topological polar surface area (TPSA) is 70.9 Å². The summed E-state index contributed by atoms with van der Waals surface area (Å²) in [5, 5.41) is 12.0. The van der Waals surface area contributed by atoms with Gasteiger partial charge in [0.25, 0.3) is 0 Å². The van der Waals surface area contributed by atoms with Crippen molar-refractivity contribution in [3.8, 4) is 0 Å². The fourth-order valence-electron chi connectivity index (χ4n) is 2.52. The Bertz CT molecular complexity index is 440. The van der Waals surface area contributed by atoms with Crippen LogP contribution in [0.3, 0.4) is 0 Å². The number of aromatic nitrogens is 2. The molecule has 1 aliphatic heterocycles. The van der Waals surface area contributed by atoms with Gasteiger partial charge in [-0.3, -0.25) is 15.0 Å². The summed E-state index contributed by atoms with van der Waals surface area (Å²) >= 11 is 0. The number of piperidine rings is 1. The SMILES string of the molecule is Cc1cc(CN2CCC(C)(C(=N)N)CC2)n(C)n1. The Kier molecular flexibility index (Phi) is 3.43. The van der Waals surface area contributed by atoms with Crippen molar-refractivity contribution in [2.45, 2.75) is 33.2 Å². The normalized spacial score (nSPS) is 19.9. The van der Waals surface area contributed by atoms with E-state index in [1.54, 1.807) is 0 Å². The molecule has 1 fully saturated rings. The van der Waals surface area contributed by atoms with Gasteiger partial charge in [-0.25, -0.2) is 0 Å². The molecule has 1 aliphatic rings. The summed E-state index contributed by atoms with van der Waals surface area (Å²) in [6.45, 7) is 7.05. The molecule has 3 N–H and O–H groups in total. The van der Waals surface area contributed by atoms with Crippen LogP contribution in [0, 0.1) is 17.7 Å². The molecule has 0 saturated carbocycles. The lowest BCUT2D eigenvalue weighted by Crippen LogP contribution is -2.44. The molecule has 0 atom stereocenters. The van der Waals surface area contributed by atoms with Gasteiger partial charge in [-0.1, -0.05) is 6.92 Å². The van der Waals surface area contributed by atoms with E-state index in [1.165, 1.54) is 5.69 Å². The summed E-state index contributed by atoms with van der Waals surface area (Å²) < 4.78 is 1.95. The second-order valence-electron chi connectivity index (χ2n) is 5.65. The van der Waals surface area contributed by atoms with E-state index >= 15 is 0 Å². The minimum Gasteiger partial charge on any atom is -0.387 e. The standard InChI is InChI=1S/C13H23N5/c1-10-8-11(17(3)16-10)9-18-6-4-13(2,5-7-18)12(14)15/h8H,4-7,9H2,1-3H3,(H3,14,15). The molecule has 5 heteroatoms. The number of aryl methyl sites for hydroxylation is 2. The van der Waals surface area contributed by atoms with Crippen LogP contribution in [-0.4, -0.2) is 33.6 Å². The number of nitrogens with two attached hydrogens (primary N) is 1. The summed E-state index contributed by atoms with van der Waals surface area (Å²) in [4.78, 5) is 2.42. The minimum atomic E-state index is -0.0983. The first-order valence-corrected chi connectivity index (χ1v) is 6.47. The average molecular weight is 249 g/mol. The van der Waals surface area contributed by atoms with Crippen LogP contribution in [-0.2, 0) is 13.6 Å². The van der Waals surface area contributed by atoms with Gasteiger partial charge >= 0.3 is 0 Å². The highest BCUT2D eigenvalue weighted by molar-refractivity contribution is 5.83. The van der Waals surface area contributed by atoms with Crippen LogP contribution in [0.4, 0.5) is 0 Å². The second kappa shape index (κ2) is 4.72. The first-order chi connectivity index (χ1) is 8.40. The van der Waals surface area contributed by atoms with Gasteiger partial charge in [0.05, 0.1) is 17.2 Å². The monoisotopic (exact) mass is 249 g/mol. The van der Waals surface area contributed by atoms with E-state index in [-0.39, 0.29) is 5.41 Å². The summed E-state index contributed by atoms with van der Waals surface area (Å²) in [5.41, 5.74) is 7.90. The average Bonchev–Trinajstić information content (AvgIpc) is 2.61. The maximum absolute atomic E-state index is 7.66.